The fourth-order valence-electron chi connectivity index (χ4n) is 5.14. The van der Waals surface area contributed by atoms with Crippen LogP contribution >= 0.6 is 24.0 Å². The number of aliphatic hydroxyl groups excluding tert-OH is 1. The van der Waals surface area contributed by atoms with Gasteiger partial charge in [0.1, 0.15) is 5.69 Å². The van der Waals surface area contributed by atoms with Gasteiger partial charge in [0, 0.05) is 46.5 Å². The smallest absolute Gasteiger partial charge is 0.270 e. The molecule has 2 aliphatic heterocycles. The second-order valence-corrected chi connectivity index (χ2v) is 9.04. The third kappa shape index (κ3) is 3.96. The van der Waals surface area contributed by atoms with Crippen molar-refractivity contribution in [2.75, 3.05) is 26.2 Å². The average Bonchev–Trinajstić information content (AvgIpc) is 3.15. The second kappa shape index (κ2) is 8.83. The third-order valence-corrected chi connectivity index (χ3v) is 6.95. The highest BCUT2D eigenvalue weighted by molar-refractivity contribution is 6.31. The van der Waals surface area contributed by atoms with E-state index in [9.17, 15) is 9.90 Å². The highest BCUT2D eigenvalue weighted by Gasteiger charge is 2.44. The molecule has 1 spiro atoms. The molecule has 3 N–H and O–H groups in total. The lowest BCUT2D eigenvalue weighted by molar-refractivity contribution is -0.0433. The number of piperidine rings is 2. The minimum atomic E-state index is -0.371. The first-order valence-corrected chi connectivity index (χ1v) is 11.0. The first kappa shape index (κ1) is 22.2. The number of aliphatic hydroxyl groups is 1. The molecule has 0 unspecified atom stereocenters. The predicted molar refractivity (Wildman–Crippen MR) is 127 cm³/mol. The molecule has 2 aliphatic rings. The van der Waals surface area contributed by atoms with E-state index in [0.717, 1.165) is 54.4 Å². The number of rotatable bonds is 2. The van der Waals surface area contributed by atoms with Gasteiger partial charge in [0.15, 0.2) is 0 Å². The average molecular weight is 460 g/mol. The van der Waals surface area contributed by atoms with Crippen molar-refractivity contribution in [1.29, 1.82) is 0 Å². The van der Waals surface area contributed by atoms with E-state index in [2.05, 4.69) is 10.3 Å². The molecule has 1 amide bonds. The summed E-state index contributed by atoms with van der Waals surface area (Å²) in [7, 11) is 0. The molecule has 31 heavy (non-hydrogen) atoms. The summed E-state index contributed by atoms with van der Waals surface area (Å²) in [4.78, 5) is 19.0. The van der Waals surface area contributed by atoms with Crippen LogP contribution in [0.25, 0.3) is 22.0 Å². The number of likely N-dealkylation sites (tertiary alicyclic amines) is 1. The molecule has 3 heterocycles. The number of nitrogens with one attached hydrogen (secondary N) is 2. The van der Waals surface area contributed by atoms with Gasteiger partial charge >= 0.3 is 0 Å². The van der Waals surface area contributed by atoms with Gasteiger partial charge in [0.25, 0.3) is 5.91 Å². The van der Waals surface area contributed by atoms with Crippen LogP contribution < -0.4 is 5.32 Å². The standard InChI is InChI=1S/C24H26ClN3O2.ClH/c25-17-7-8-19-18(13-17)21(16-5-2-1-3-6-16)22(27-19)23(30)28-12-4-10-24(15-28)14-26-11-9-20(24)29;/h1-3,5-8,13,20,26-27,29H,4,9-12,14-15H2;1H/t20-,24-;/m0./s1. The van der Waals surface area contributed by atoms with Crippen LogP contribution in [-0.4, -0.2) is 53.2 Å². The maximum absolute atomic E-state index is 13.7. The zero-order valence-electron chi connectivity index (χ0n) is 17.2. The Kier molecular flexibility index (Phi) is 6.31. The van der Waals surface area contributed by atoms with E-state index < -0.39 is 0 Å². The Bertz CT molecular complexity index is 1080. The number of carbonyl (C=O) groups excluding carboxylic acids is 1. The lowest BCUT2D eigenvalue weighted by Crippen LogP contribution is -2.58. The van der Waals surface area contributed by atoms with Crippen molar-refractivity contribution in [2.24, 2.45) is 5.41 Å². The summed E-state index contributed by atoms with van der Waals surface area (Å²) in [6, 6.07) is 15.6. The molecule has 3 aromatic rings. The van der Waals surface area contributed by atoms with Gasteiger partial charge in [-0.25, -0.2) is 0 Å². The van der Waals surface area contributed by atoms with Crippen molar-refractivity contribution in [1.82, 2.24) is 15.2 Å². The molecule has 2 fully saturated rings. The van der Waals surface area contributed by atoms with E-state index in [1.54, 1.807) is 0 Å². The highest BCUT2D eigenvalue weighted by Crippen LogP contribution is 2.39. The number of aromatic amines is 1. The minimum absolute atomic E-state index is 0. The van der Waals surface area contributed by atoms with E-state index in [4.69, 9.17) is 11.6 Å². The monoisotopic (exact) mass is 459 g/mol. The Morgan fingerprint density at radius 1 is 1.19 bits per heavy atom. The number of hydrogen-bond donors (Lipinski definition) is 3. The van der Waals surface area contributed by atoms with Gasteiger partial charge < -0.3 is 20.3 Å². The van der Waals surface area contributed by atoms with Gasteiger partial charge in [-0.05, 0) is 49.6 Å². The van der Waals surface area contributed by atoms with Gasteiger partial charge in [0.05, 0.1) is 6.10 Å². The van der Waals surface area contributed by atoms with Crippen LogP contribution in [0.1, 0.15) is 29.8 Å². The molecule has 5 nitrogen and oxygen atoms in total. The number of aromatic nitrogens is 1. The molecule has 1 aromatic heterocycles. The van der Waals surface area contributed by atoms with Crippen LogP contribution in [0.5, 0.6) is 0 Å². The molecule has 164 valence electrons. The van der Waals surface area contributed by atoms with E-state index in [1.807, 2.05) is 53.4 Å². The third-order valence-electron chi connectivity index (χ3n) is 6.71. The van der Waals surface area contributed by atoms with Crippen molar-refractivity contribution in [3.63, 3.8) is 0 Å². The van der Waals surface area contributed by atoms with Gasteiger partial charge in [-0.2, -0.15) is 0 Å². The molecule has 0 aliphatic carbocycles. The zero-order valence-corrected chi connectivity index (χ0v) is 18.8. The fraction of sp³-hybridized carbons (Fsp3) is 0.375. The summed E-state index contributed by atoms with van der Waals surface area (Å²) in [5.74, 6) is -0.0157. The number of nitrogens with zero attached hydrogens (tertiary/aromatic N) is 1. The quantitative estimate of drug-likeness (QED) is 0.528. The van der Waals surface area contributed by atoms with Crippen molar-refractivity contribution in [2.45, 2.75) is 25.4 Å². The van der Waals surface area contributed by atoms with Crippen LogP contribution in [-0.2, 0) is 0 Å². The van der Waals surface area contributed by atoms with E-state index in [1.165, 1.54) is 0 Å². The molecule has 5 rings (SSSR count). The van der Waals surface area contributed by atoms with E-state index in [-0.39, 0.29) is 29.8 Å². The Labute approximate surface area is 193 Å². The van der Waals surface area contributed by atoms with Crippen molar-refractivity contribution in [3.05, 3.63) is 59.2 Å². The SMILES string of the molecule is Cl.O=C(c1[nH]c2ccc(Cl)cc2c1-c1ccccc1)N1CCC[C@]2(CNCC[C@@H]2O)C1. The number of carbonyl (C=O) groups is 1. The van der Waals surface area contributed by atoms with Crippen molar-refractivity contribution >= 4 is 40.8 Å². The zero-order chi connectivity index (χ0) is 20.7. The summed E-state index contributed by atoms with van der Waals surface area (Å²) < 4.78 is 0. The molecule has 0 radical (unpaired) electrons. The maximum atomic E-state index is 13.7. The van der Waals surface area contributed by atoms with Crippen LogP contribution in [0.4, 0.5) is 0 Å². The largest absolute Gasteiger partial charge is 0.392 e. The molecule has 0 bridgehead atoms. The lowest BCUT2D eigenvalue weighted by atomic mass is 9.72. The summed E-state index contributed by atoms with van der Waals surface area (Å²) in [5.41, 5.74) is 3.11. The van der Waals surface area contributed by atoms with Crippen LogP contribution in [0, 0.1) is 5.41 Å². The Balaban J connectivity index is 0.00000231. The number of H-pyrrole nitrogens is 1. The summed E-state index contributed by atoms with van der Waals surface area (Å²) >= 11 is 6.29. The Hall–Kier alpha value is -2.05. The molecule has 7 heteroatoms. The number of fused-ring (bicyclic) bond motifs is 1. The molecule has 0 saturated carbocycles. The summed E-state index contributed by atoms with van der Waals surface area (Å²) in [6.07, 6.45) is 2.21. The van der Waals surface area contributed by atoms with E-state index in [0.29, 0.717) is 23.8 Å². The van der Waals surface area contributed by atoms with Gasteiger partial charge in [-0.15, -0.1) is 12.4 Å². The molecular weight excluding hydrogens is 433 g/mol. The number of hydrogen-bond acceptors (Lipinski definition) is 3. The lowest BCUT2D eigenvalue weighted by Gasteiger charge is -2.48. The molecule has 2 atom stereocenters. The van der Waals surface area contributed by atoms with Crippen LogP contribution in [0.15, 0.2) is 48.5 Å². The summed E-state index contributed by atoms with van der Waals surface area (Å²) in [6.45, 7) is 2.87. The number of amides is 1. The first-order chi connectivity index (χ1) is 14.6. The molecule has 2 saturated heterocycles. The second-order valence-electron chi connectivity index (χ2n) is 8.60. The van der Waals surface area contributed by atoms with Crippen LogP contribution in [0.3, 0.4) is 0 Å². The first-order valence-electron chi connectivity index (χ1n) is 10.6. The predicted octanol–water partition coefficient (Wildman–Crippen LogP) is 4.49. The Morgan fingerprint density at radius 2 is 2.00 bits per heavy atom. The minimum Gasteiger partial charge on any atom is -0.392 e. The molecular formula is C24H27Cl2N3O2. The normalized spacial score (nSPS) is 23.7. The topological polar surface area (TPSA) is 68.4 Å². The number of benzene rings is 2. The van der Waals surface area contributed by atoms with E-state index >= 15 is 0 Å². The van der Waals surface area contributed by atoms with Gasteiger partial charge in [0.2, 0.25) is 0 Å². The van der Waals surface area contributed by atoms with Crippen molar-refractivity contribution < 1.29 is 9.90 Å². The highest BCUT2D eigenvalue weighted by atomic mass is 35.5. The maximum Gasteiger partial charge on any atom is 0.270 e. The van der Waals surface area contributed by atoms with Gasteiger partial charge in [-0.1, -0.05) is 41.9 Å². The Morgan fingerprint density at radius 3 is 2.77 bits per heavy atom. The fourth-order valence-corrected chi connectivity index (χ4v) is 5.31. The van der Waals surface area contributed by atoms with Crippen molar-refractivity contribution in [3.8, 4) is 11.1 Å². The number of halogens is 2. The summed E-state index contributed by atoms with van der Waals surface area (Å²) in [5, 5.41) is 15.7. The van der Waals surface area contributed by atoms with Crippen LogP contribution in [0.2, 0.25) is 5.02 Å². The molecule has 2 aromatic carbocycles. The van der Waals surface area contributed by atoms with Gasteiger partial charge in [-0.3, -0.25) is 4.79 Å².